The third kappa shape index (κ3) is 4.88. The average Bonchev–Trinajstić information content (AvgIpc) is 2.19. The van der Waals surface area contributed by atoms with Crippen molar-refractivity contribution in [3.8, 4) is 0 Å². The zero-order valence-corrected chi connectivity index (χ0v) is 23.7. The maximum Gasteiger partial charge on any atom is 0.286 e. The third-order valence-corrected chi connectivity index (χ3v) is 10.5. The minimum absolute atomic E-state index is 2.95. The summed E-state index contributed by atoms with van der Waals surface area (Å²) in [7, 11) is 0. The summed E-state index contributed by atoms with van der Waals surface area (Å²) in [5.74, 6) is 0. The molecule has 0 aromatic carbocycles. The van der Waals surface area contributed by atoms with Crippen LogP contribution in [-0.4, -0.2) is 28.9 Å². The van der Waals surface area contributed by atoms with E-state index in [0.29, 0.717) is 0 Å². The lowest BCUT2D eigenvalue weighted by Crippen LogP contribution is -2.73. The van der Waals surface area contributed by atoms with Crippen molar-refractivity contribution >= 4 is 197 Å². The van der Waals surface area contributed by atoms with Crippen molar-refractivity contribution in [2.24, 2.45) is 5.41 Å². The topological polar surface area (TPSA) is 19.9 Å². The molecule has 0 unspecified atom stereocenters. The molecule has 0 spiro atoms. The molecule has 0 heterocycles. The minimum atomic E-state index is -3.37. The first-order valence-corrected chi connectivity index (χ1v) is 11.6. The Morgan fingerprint density at radius 2 is 0.577 bits per heavy atom. The Balaban J connectivity index is 7.31. The second-order valence-electron chi connectivity index (χ2n) is 4.48. The lowest BCUT2D eigenvalue weighted by atomic mass is 9.84. The maximum absolute atomic E-state index is 12.0. The van der Waals surface area contributed by atoms with Gasteiger partial charge in [-0.1, -0.05) is 197 Å². The van der Waals surface area contributed by atoms with Gasteiger partial charge in [-0.25, -0.2) is 0 Å². The first-order valence-electron chi connectivity index (χ1n) is 5.17. The van der Waals surface area contributed by atoms with Crippen LogP contribution >= 0.6 is 197 Å². The molecular formula is C8Cl17O. The fourth-order valence-electron chi connectivity index (χ4n) is 1.63. The zero-order chi connectivity index (χ0) is 22.0. The average molecular weight is 715 g/mol. The van der Waals surface area contributed by atoms with E-state index in [9.17, 15) is 5.11 Å². The summed E-state index contributed by atoms with van der Waals surface area (Å²) < 4.78 is -21.8. The Morgan fingerprint density at radius 1 is 0.346 bits per heavy atom. The molecule has 0 atom stereocenters. The highest BCUT2D eigenvalue weighted by Crippen LogP contribution is 2.78. The summed E-state index contributed by atoms with van der Waals surface area (Å²) in [4.78, 5) is 0. The Kier molecular flexibility index (Phi) is 10.6. The maximum atomic E-state index is 12.0. The molecule has 26 heavy (non-hydrogen) atoms. The lowest BCUT2D eigenvalue weighted by molar-refractivity contribution is 0.0905. The van der Waals surface area contributed by atoms with Crippen molar-refractivity contribution in [1.82, 2.24) is 0 Å². The number of hydrogen-bond acceptors (Lipinski definition) is 0. The summed E-state index contributed by atoms with van der Waals surface area (Å²) in [6.07, 6.45) is 0. The van der Waals surface area contributed by atoms with Crippen molar-refractivity contribution in [3.63, 3.8) is 0 Å². The van der Waals surface area contributed by atoms with E-state index >= 15 is 0 Å². The van der Waals surface area contributed by atoms with E-state index in [1.807, 2.05) is 0 Å². The van der Waals surface area contributed by atoms with Gasteiger partial charge in [0, 0.05) is 0 Å². The molecule has 0 rings (SSSR count). The number of rotatable bonds is 4. The van der Waals surface area contributed by atoms with Crippen molar-refractivity contribution < 1.29 is 5.11 Å². The highest BCUT2D eigenvalue weighted by atomic mass is 35.6. The summed E-state index contributed by atoms with van der Waals surface area (Å²) in [5, 5.41) is 12.0. The largest absolute Gasteiger partial charge is 0.286 e. The molecule has 0 aliphatic heterocycles. The molecular weight excluding hydrogens is 715 g/mol. The van der Waals surface area contributed by atoms with Gasteiger partial charge < -0.3 is 0 Å². The van der Waals surface area contributed by atoms with Crippen molar-refractivity contribution in [2.45, 2.75) is 28.9 Å². The summed E-state index contributed by atoms with van der Waals surface area (Å²) >= 11 is 99.9. The molecule has 0 aliphatic rings. The van der Waals surface area contributed by atoms with E-state index in [2.05, 4.69) is 0 Å². The Labute approximate surface area is 233 Å². The van der Waals surface area contributed by atoms with Crippen molar-refractivity contribution in [3.05, 3.63) is 0 Å². The van der Waals surface area contributed by atoms with Crippen LogP contribution in [0.5, 0.6) is 0 Å². The second-order valence-corrected chi connectivity index (χ2v) is 16.6. The molecule has 1 nitrogen and oxygen atoms in total. The van der Waals surface area contributed by atoms with E-state index in [1.165, 1.54) is 0 Å². The fourth-order valence-corrected chi connectivity index (χ4v) is 10.3. The lowest BCUT2D eigenvalue weighted by Gasteiger charge is -2.59. The van der Waals surface area contributed by atoms with Gasteiger partial charge in [0.25, 0.3) is 4.52 Å². The van der Waals surface area contributed by atoms with Gasteiger partial charge in [-0.05, 0) is 0 Å². The molecule has 0 aromatic rings. The second kappa shape index (κ2) is 8.92. The molecule has 0 aliphatic carbocycles. The van der Waals surface area contributed by atoms with Crippen LogP contribution in [-0.2, 0) is 5.11 Å². The monoisotopic (exact) mass is 706 g/mol. The smallest absolute Gasteiger partial charge is 0.190 e. The van der Waals surface area contributed by atoms with Crippen LogP contribution in [0.4, 0.5) is 0 Å². The third-order valence-electron chi connectivity index (χ3n) is 2.90. The fraction of sp³-hybridized carbons (Fsp3) is 1.00. The van der Waals surface area contributed by atoms with E-state index in [-0.39, 0.29) is 0 Å². The van der Waals surface area contributed by atoms with Crippen LogP contribution in [0.2, 0.25) is 0 Å². The van der Waals surface area contributed by atoms with E-state index in [0.717, 1.165) is 0 Å². The normalized spacial score (nSPS) is 16.8. The summed E-state index contributed by atoms with van der Waals surface area (Å²) in [6, 6.07) is 0. The van der Waals surface area contributed by atoms with Gasteiger partial charge in [0.05, 0.1) is 0 Å². The van der Waals surface area contributed by atoms with Gasteiger partial charge >= 0.3 is 0 Å². The summed E-state index contributed by atoms with van der Waals surface area (Å²) in [5.41, 5.74) is -3.15. The molecule has 0 saturated heterocycles. The Hall–Kier alpha value is 4.89. The first kappa shape index (κ1) is 30.9. The van der Waals surface area contributed by atoms with E-state index in [1.54, 1.807) is 0 Å². The predicted octanol–water partition coefficient (Wildman–Crippen LogP) is 10.2. The Bertz CT molecular complexity index is 477. The molecule has 1 radical (unpaired) electrons. The number of alkyl halides is 17. The molecule has 0 fully saturated rings. The van der Waals surface area contributed by atoms with Gasteiger partial charge in [-0.3, -0.25) is 0 Å². The van der Waals surface area contributed by atoms with Gasteiger partial charge in [0.1, 0.15) is 5.41 Å². The molecule has 157 valence electrons. The SMILES string of the molecule is [O]C(Cl)(Cl)C(Cl)(Cl)C(Cl)(Cl)C(Cl)(Cl)C(C(Cl)(Cl)Cl)(C(Cl)(Cl)Cl)C(Cl)(Cl)Cl. The van der Waals surface area contributed by atoms with Crippen LogP contribution < -0.4 is 0 Å². The van der Waals surface area contributed by atoms with Crippen LogP contribution in [0.3, 0.4) is 0 Å². The predicted molar refractivity (Wildman–Crippen MR) is 122 cm³/mol. The standard InChI is InChI=1S/C8Cl17O/c9-2(10,3(11,12)4(13,14)8(24,25)26)1(5(15,16)17,6(18,19)20)7(21,22)23. The zero-order valence-electron chi connectivity index (χ0n) is 10.8. The van der Waals surface area contributed by atoms with Gasteiger partial charge in [0.15, 0.2) is 8.67 Å². The van der Waals surface area contributed by atoms with Crippen LogP contribution in [0.15, 0.2) is 0 Å². The van der Waals surface area contributed by atoms with Crippen LogP contribution in [0.25, 0.3) is 0 Å². The van der Waals surface area contributed by atoms with Crippen molar-refractivity contribution in [1.29, 1.82) is 0 Å². The molecule has 0 aromatic heterocycles. The number of halogens is 17. The van der Waals surface area contributed by atoms with Crippen LogP contribution in [0.1, 0.15) is 0 Å². The first-order chi connectivity index (χ1) is 10.8. The van der Waals surface area contributed by atoms with E-state index in [4.69, 9.17) is 197 Å². The van der Waals surface area contributed by atoms with Gasteiger partial charge in [-0.15, -0.1) is 0 Å². The van der Waals surface area contributed by atoms with Crippen molar-refractivity contribution in [2.75, 3.05) is 0 Å². The highest BCUT2D eigenvalue weighted by Gasteiger charge is 2.86. The minimum Gasteiger partial charge on any atom is -0.190 e. The molecule has 0 bridgehead atoms. The Morgan fingerprint density at radius 3 is 0.731 bits per heavy atom. The van der Waals surface area contributed by atoms with Crippen LogP contribution in [0, 0.1) is 5.41 Å². The van der Waals surface area contributed by atoms with E-state index < -0.39 is 34.3 Å². The quantitative estimate of drug-likeness (QED) is 0.259. The number of hydrogen-bond donors (Lipinski definition) is 0. The molecule has 0 saturated carbocycles. The van der Waals surface area contributed by atoms with Gasteiger partial charge in [0.2, 0.25) is 15.7 Å². The van der Waals surface area contributed by atoms with Gasteiger partial charge in [-0.2, -0.15) is 5.11 Å². The summed E-state index contributed by atoms with van der Waals surface area (Å²) in [6.45, 7) is 0. The molecule has 18 heteroatoms. The molecule has 0 N–H and O–H groups in total. The molecule has 0 amide bonds. The highest BCUT2D eigenvalue weighted by molar-refractivity contribution is 6.81.